The van der Waals surface area contributed by atoms with Crippen LogP contribution in [0.4, 0.5) is 0 Å². The molecule has 0 aliphatic carbocycles. The number of rotatable bonds is 5. The molecule has 3 nitrogen and oxygen atoms in total. The number of hydrogen-bond acceptors (Lipinski definition) is 3. The second kappa shape index (κ2) is 6.38. The Morgan fingerprint density at radius 1 is 1.28 bits per heavy atom. The van der Waals surface area contributed by atoms with Crippen molar-refractivity contribution in [1.29, 1.82) is 0 Å². The van der Waals surface area contributed by atoms with E-state index in [4.69, 9.17) is 11.6 Å². The van der Waals surface area contributed by atoms with Gasteiger partial charge in [-0.3, -0.25) is 4.98 Å². The highest BCUT2D eigenvalue weighted by atomic mass is 35.5. The molecule has 0 aliphatic rings. The zero-order valence-electron chi connectivity index (χ0n) is 9.94. The molecule has 0 spiro atoms. The van der Waals surface area contributed by atoms with Gasteiger partial charge in [-0.05, 0) is 42.8 Å². The Labute approximate surface area is 111 Å². The third-order valence-corrected chi connectivity index (χ3v) is 2.91. The molecule has 4 heteroatoms. The van der Waals surface area contributed by atoms with Gasteiger partial charge in [0.15, 0.2) is 0 Å². The van der Waals surface area contributed by atoms with Crippen LogP contribution in [0.25, 0.3) is 0 Å². The average molecular weight is 263 g/mol. The summed E-state index contributed by atoms with van der Waals surface area (Å²) in [7, 11) is 0. The number of nitrogens with one attached hydrogen (secondary N) is 1. The van der Waals surface area contributed by atoms with Crippen LogP contribution < -0.4 is 5.32 Å². The van der Waals surface area contributed by atoms with Gasteiger partial charge in [0.1, 0.15) is 5.75 Å². The Balaban J connectivity index is 1.80. The summed E-state index contributed by atoms with van der Waals surface area (Å²) >= 11 is 5.88. The number of phenolic OH excluding ortho intramolecular Hbond substituents is 1. The minimum atomic E-state index is 0.272. The molecule has 0 saturated carbocycles. The lowest BCUT2D eigenvalue weighted by molar-refractivity contribution is 0.464. The van der Waals surface area contributed by atoms with E-state index in [-0.39, 0.29) is 5.75 Å². The van der Waals surface area contributed by atoms with E-state index < -0.39 is 0 Å². The van der Waals surface area contributed by atoms with Crippen LogP contribution in [-0.4, -0.2) is 16.6 Å². The van der Waals surface area contributed by atoms with Gasteiger partial charge >= 0.3 is 0 Å². The molecule has 0 atom stereocenters. The minimum absolute atomic E-state index is 0.272. The molecule has 1 aromatic carbocycles. The van der Waals surface area contributed by atoms with Crippen LogP contribution in [0.5, 0.6) is 5.75 Å². The molecule has 18 heavy (non-hydrogen) atoms. The molecule has 2 aromatic rings. The predicted molar refractivity (Wildman–Crippen MR) is 72.8 cm³/mol. The number of halogens is 1. The van der Waals surface area contributed by atoms with Gasteiger partial charge in [-0.25, -0.2) is 0 Å². The lowest BCUT2D eigenvalue weighted by atomic mass is 10.2. The van der Waals surface area contributed by atoms with Crippen LogP contribution >= 0.6 is 11.6 Å². The molecule has 0 bridgehead atoms. The van der Waals surface area contributed by atoms with Gasteiger partial charge in [0.25, 0.3) is 0 Å². The van der Waals surface area contributed by atoms with E-state index in [1.54, 1.807) is 24.4 Å². The largest absolute Gasteiger partial charge is 0.508 e. The third-order valence-electron chi connectivity index (χ3n) is 2.67. The molecule has 2 N–H and O–H groups in total. The van der Waals surface area contributed by atoms with Crippen molar-refractivity contribution in [3.05, 3.63) is 58.9 Å². The minimum Gasteiger partial charge on any atom is -0.508 e. The fourth-order valence-electron chi connectivity index (χ4n) is 1.70. The van der Waals surface area contributed by atoms with E-state index >= 15 is 0 Å². The molecular formula is C14H15ClN2O. The van der Waals surface area contributed by atoms with Gasteiger partial charge in [-0.1, -0.05) is 17.7 Å². The normalized spacial score (nSPS) is 10.5. The number of nitrogens with zero attached hydrogens (tertiary/aromatic N) is 1. The Morgan fingerprint density at radius 3 is 2.94 bits per heavy atom. The summed E-state index contributed by atoms with van der Waals surface area (Å²) in [5, 5.41) is 13.6. The number of phenols is 1. The molecule has 94 valence electrons. The number of pyridine rings is 1. The van der Waals surface area contributed by atoms with Crippen LogP contribution in [-0.2, 0) is 13.0 Å². The van der Waals surface area contributed by atoms with E-state index in [1.807, 2.05) is 18.3 Å². The molecule has 1 aromatic heterocycles. The summed E-state index contributed by atoms with van der Waals surface area (Å²) in [6, 6.07) is 9.04. The predicted octanol–water partition coefficient (Wildman–Crippen LogP) is 2.77. The highest BCUT2D eigenvalue weighted by Gasteiger charge is 2.01. The topological polar surface area (TPSA) is 45.1 Å². The fraction of sp³-hybridized carbons (Fsp3) is 0.214. The van der Waals surface area contributed by atoms with E-state index in [0.717, 1.165) is 18.5 Å². The van der Waals surface area contributed by atoms with Crippen molar-refractivity contribution in [2.24, 2.45) is 0 Å². The summed E-state index contributed by atoms with van der Waals surface area (Å²) in [6.07, 6.45) is 4.54. The van der Waals surface area contributed by atoms with Crippen LogP contribution in [0.3, 0.4) is 0 Å². The van der Waals surface area contributed by atoms with Crippen LogP contribution in [0, 0.1) is 0 Å². The number of aromatic nitrogens is 1. The average Bonchev–Trinajstić information content (AvgIpc) is 2.40. The Kier molecular flexibility index (Phi) is 4.56. The monoisotopic (exact) mass is 262 g/mol. The third kappa shape index (κ3) is 3.72. The number of aromatic hydroxyl groups is 1. The zero-order chi connectivity index (χ0) is 12.8. The fourth-order valence-corrected chi connectivity index (χ4v) is 1.89. The molecule has 1 heterocycles. The molecule has 2 rings (SSSR count). The molecule has 0 aliphatic heterocycles. The van der Waals surface area contributed by atoms with E-state index in [2.05, 4.69) is 10.3 Å². The SMILES string of the molecule is Oc1ccc(Cl)cc1CNCCc1cccnc1. The van der Waals surface area contributed by atoms with E-state index in [9.17, 15) is 5.11 Å². The van der Waals surface area contributed by atoms with Crippen molar-refractivity contribution in [2.45, 2.75) is 13.0 Å². The van der Waals surface area contributed by atoms with Gasteiger partial charge in [-0.2, -0.15) is 0 Å². The summed E-state index contributed by atoms with van der Waals surface area (Å²) in [6.45, 7) is 1.43. The molecule has 0 saturated heterocycles. The van der Waals surface area contributed by atoms with Crippen LogP contribution in [0.2, 0.25) is 5.02 Å². The van der Waals surface area contributed by atoms with E-state index in [1.165, 1.54) is 5.56 Å². The maximum Gasteiger partial charge on any atom is 0.120 e. The zero-order valence-corrected chi connectivity index (χ0v) is 10.7. The summed E-state index contributed by atoms with van der Waals surface area (Å²) < 4.78 is 0. The maximum atomic E-state index is 9.64. The standard InChI is InChI=1S/C14H15ClN2O/c15-13-3-4-14(18)12(8-13)10-17-7-5-11-2-1-6-16-9-11/h1-4,6,8-9,17-18H,5,7,10H2. The molecule has 0 unspecified atom stereocenters. The lowest BCUT2D eigenvalue weighted by Crippen LogP contribution is -2.16. The highest BCUT2D eigenvalue weighted by Crippen LogP contribution is 2.20. The van der Waals surface area contributed by atoms with Gasteiger partial charge in [0, 0.05) is 29.5 Å². The molecule has 0 radical (unpaired) electrons. The first-order valence-corrected chi connectivity index (χ1v) is 6.20. The van der Waals surface area contributed by atoms with Gasteiger partial charge in [0.05, 0.1) is 0 Å². The Hall–Kier alpha value is -1.58. The van der Waals surface area contributed by atoms with Crippen molar-refractivity contribution in [2.75, 3.05) is 6.54 Å². The van der Waals surface area contributed by atoms with Crippen molar-refractivity contribution in [3.63, 3.8) is 0 Å². The van der Waals surface area contributed by atoms with Crippen LogP contribution in [0.15, 0.2) is 42.7 Å². The second-order valence-electron chi connectivity index (χ2n) is 4.06. The maximum absolute atomic E-state index is 9.64. The first kappa shape index (κ1) is 12.9. The van der Waals surface area contributed by atoms with Crippen molar-refractivity contribution >= 4 is 11.6 Å². The Bertz CT molecular complexity index is 502. The second-order valence-corrected chi connectivity index (χ2v) is 4.50. The molecule has 0 fully saturated rings. The quantitative estimate of drug-likeness (QED) is 0.815. The number of benzene rings is 1. The van der Waals surface area contributed by atoms with Crippen molar-refractivity contribution in [3.8, 4) is 5.75 Å². The summed E-state index contributed by atoms with van der Waals surface area (Å²) in [5.74, 6) is 0.272. The lowest BCUT2D eigenvalue weighted by Gasteiger charge is -2.07. The van der Waals surface area contributed by atoms with Gasteiger partial charge in [0.2, 0.25) is 0 Å². The van der Waals surface area contributed by atoms with Crippen molar-refractivity contribution < 1.29 is 5.11 Å². The summed E-state index contributed by atoms with van der Waals surface area (Å²) in [5.41, 5.74) is 2.01. The van der Waals surface area contributed by atoms with Gasteiger partial charge in [-0.15, -0.1) is 0 Å². The smallest absolute Gasteiger partial charge is 0.120 e. The highest BCUT2D eigenvalue weighted by molar-refractivity contribution is 6.30. The summed E-state index contributed by atoms with van der Waals surface area (Å²) in [4.78, 5) is 4.06. The number of hydrogen-bond donors (Lipinski definition) is 2. The first-order chi connectivity index (χ1) is 8.75. The van der Waals surface area contributed by atoms with Crippen molar-refractivity contribution in [1.82, 2.24) is 10.3 Å². The van der Waals surface area contributed by atoms with E-state index in [0.29, 0.717) is 11.6 Å². The Morgan fingerprint density at radius 2 is 2.17 bits per heavy atom. The first-order valence-electron chi connectivity index (χ1n) is 5.83. The van der Waals surface area contributed by atoms with Crippen LogP contribution in [0.1, 0.15) is 11.1 Å². The molecule has 0 amide bonds. The molecular weight excluding hydrogens is 248 g/mol. The van der Waals surface area contributed by atoms with Gasteiger partial charge < -0.3 is 10.4 Å².